The minimum Gasteiger partial charge on any atom is -0.394 e. The smallest absolute Gasteiger partial charge is 0.220 e. The molecule has 0 aromatic rings. The number of unbranched alkanes of at least 4 members (excludes halogenated alkanes) is 21. The van der Waals surface area contributed by atoms with Crippen LogP contribution in [0.5, 0.6) is 0 Å². The maximum atomic E-state index is 12.8. The lowest BCUT2D eigenvalue weighted by atomic mass is 9.99. The maximum Gasteiger partial charge on any atom is 0.220 e. The Hall–Kier alpha value is -1.33. The Labute approximate surface area is 305 Å². The molecule has 0 aliphatic carbocycles. The van der Waals surface area contributed by atoms with Crippen LogP contribution in [0, 0.1) is 0 Å². The number of carbonyl (C=O) groups excluding carboxylic acids is 1. The molecule has 9 heteroatoms. The Morgan fingerprint density at radius 3 is 1.68 bits per heavy atom. The van der Waals surface area contributed by atoms with E-state index in [-0.39, 0.29) is 12.5 Å². The van der Waals surface area contributed by atoms with E-state index in [9.17, 15) is 30.3 Å². The molecule has 294 valence electrons. The monoisotopic (exact) mass is 712 g/mol. The summed E-state index contributed by atoms with van der Waals surface area (Å²) in [6.07, 6.45) is 29.5. The van der Waals surface area contributed by atoms with Crippen LogP contribution in [-0.4, -0.2) is 87.5 Å². The molecular weight excluding hydrogens is 634 g/mol. The van der Waals surface area contributed by atoms with E-state index in [0.717, 1.165) is 38.5 Å². The van der Waals surface area contributed by atoms with Gasteiger partial charge in [0.05, 0.1) is 25.4 Å². The molecule has 1 saturated heterocycles. The van der Waals surface area contributed by atoms with Crippen LogP contribution >= 0.6 is 0 Å². The summed E-state index contributed by atoms with van der Waals surface area (Å²) in [5.74, 6) is -0.193. The highest BCUT2D eigenvalue weighted by Crippen LogP contribution is 2.22. The normalized spacial score (nSPS) is 22.4. The summed E-state index contributed by atoms with van der Waals surface area (Å²) in [6.45, 7) is 3.71. The zero-order chi connectivity index (χ0) is 36.7. The second kappa shape index (κ2) is 32.3. The summed E-state index contributed by atoms with van der Waals surface area (Å²) in [5.41, 5.74) is 0. The summed E-state index contributed by atoms with van der Waals surface area (Å²) >= 11 is 0. The number of carbonyl (C=O) groups is 1. The number of amides is 1. The van der Waals surface area contributed by atoms with Crippen LogP contribution in [0.25, 0.3) is 0 Å². The third-order valence-corrected chi connectivity index (χ3v) is 9.78. The Morgan fingerprint density at radius 2 is 1.14 bits per heavy atom. The SMILES string of the molecule is CCCCCCCCCCCCCCC/C=C/CC/C=C/C(O)C(COC1OC(CO)C(O)C(O)C1O)NC(=O)CCCCCCCCCC. The van der Waals surface area contributed by atoms with Crippen LogP contribution in [0.15, 0.2) is 24.3 Å². The number of nitrogens with one attached hydrogen (secondary N) is 1. The third kappa shape index (κ3) is 23.3. The fourth-order valence-corrected chi connectivity index (χ4v) is 6.41. The van der Waals surface area contributed by atoms with Crippen molar-refractivity contribution in [2.75, 3.05) is 13.2 Å². The van der Waals surface area contributed by atoms with Crippen LogP contribution in [0.4, 0.5) is 0 Å². The van der Waals surface area contributed by atoms with E-state index in [1.54, 1.807) is 6.08 Å². The highest BCUT2D eigenvalue weighted by atomic mass is 16.7. The van der Waals surface area contributed by atoms with Gasteiger partial charge in [-0.3, -0.25) is 4.79 Å². The molecule has 0 saturated carbocycles. The fourth-order valence-electron chi connectivity index (χ4n) is 6.41. The number of hydrogen-bond donors (Lipinski definition) is 6. The quantitative estimate of drug-likeness (QED) is 0.0302. The van der Waals surface area contributed by atoms with E-state index in [1.807, 2.05) is 6.08 Å². The second-order valence-electron chi connectivity index (χ2n) is 14.4. The Kier molecular flexibility index (Phi) is 30.2. The van der Waals surface area contributed by atoms with Gasteiger partial charge in [0.25, 0.3) is 0 Å². The molecule has 9 nitrogen and oxygen atoms in total. The fraction of sp³-hybridized carbons (Fsp3) is 0.878. The van der Waals surface area contributed by atoms with Crippen LogP contribution in [0.3, 0.4) is 0 Å². The summed E-state index contributed by atoms with van der Waals surface area (Å²) in [6, 6.07) is -0.814. The minimum atomic E-state index is -1.57. The summed E-state index contributed by atoms with van der Waals surface area (Å²) < 4.78 is 11.1. The Morgan fingerprint density at radius 1 is 0.660 bits per heavy atom. The third-order valence-electron chi connectivity index (χ3n) is 9.78. The maximum absolute atomic E-state index is 12.8. The van der Waals surface area contributed by atoms with E-state index in [4.69, 9.17) is 9.47 Å². The molecule has 0 bridgehead atoms. The van der Waals surface area contributed by atoms with E-state index in [0.29, 0.717) is 6.42 Å². The van der Waals surface area contributed by atoms with Gasteiger partial charge in [0.2, 0.25) is 5.91 Å². The number of rotatable bonds is 33. The van der Waals surface area contributed by atoms with Crippen molar-refractivity contribution in [3.05, 3.63) is 24.3 Å². The topological polar surface area (TPSA) is 149 Å². The lowest BCUT2D eigenvalue weighted by Crippen LogP contribution is -2.60. The predicted octanol–water partition coefficient (Wildman–Crippen LogP) is 7.55. The average Bonchev–Trinajstić information content (AvgIpc) is 3.11. The standard InChI is InChI=1S/C41H77NO8/c1-3-5-7-9-11-13-14-15-16-17-18-19-20-21-22-23-24-26-28-30-35(44)34(42-37(45)31-29-27-25-12-10-8-6-4-2)33-49-41-40(48)39(47)38(46)36(32-43)50-41/h22-23,28,30,34-36,38-41,43-44,46-48H,3-21,24-27,29,31-33H2,1-2H3,(H,42,45)/b23-22+,30-28+. The molecule has 0 radical (unpaired) electrons. The molecular formula is C41H77NO8. The van der Waals surface area contributed by atoms with Crippen molar-refractivity contribution < 1.29 is 39.8 Å². The molecule has 0 spiro atoms. The first kappa shape index (κ1) is 46.7. The first-order valence-electron chi connectivity index (χ1n) is 20.6. The van der Waals surface area contributed by atoms with Gasteiger partial charge < -0.3 is 40.3 Å². The largest absolute Gasteiger partial charge is 0.394 e. The van der Waals surface area contributed by atoms with Gasteiger partial charge in [-0.15, -0.1) is 0 Å². The van der Waals surface area contributed by atoms with Crippen molar-refractivity contribution >= 4 is 5.91 Å². The van der Waals surface area contributed by atoms with Gasteiger partial charge in [-0.05, 0) is 32.1 Å². The molecule has 1 aliphatic heterocycles. The van der Waals surface area contributed by atoms with Gasteiger partial charge in [0.15, 0.2) is 6.29 Å². The van der Waals surface area contributed by atoms with Crippen molar-refractivity contribution in [1.29, 1.82) is 0 Å². The number of hydrogen-bond acceptors (Lipinski definition) is 8. The Balaban J connectivity index is 2.39. The van der Waals surface area contributed by atoms with Crippen LogP contribution in [-0.2, 0) is 14.3 Å². The molecule has 7 unspecified atom stereocenters. The lowest BCUT2D eigenvalue weighted by Gasteiger charge is -2.40. The molecule has 1 fully saturated rings. The molecule has 1 rings (SSSR count). The van der Waals surface area contributed by atoms with Crippen molar-refractivity contribution in [1.82, 2.24) is 5.32 Å². The van der Waals surface area contributed by atoms with E-state index in [2.05, 4.69) is 31.3 Å². The summed E-state index contributed by atoms with van der Waals surface area (Å²) in [7, 11) is 0. The molecule has 1 aliphatic rings. The van der Waals surface area contributed by atoms with Crippen molar-refractivity contribution in [2.24, 2.45) is 0 Å². The van der Waals surface area contributed by atoms with E-state index < -0.39 is 49.5 Å². The van der Waals surface area contributed by atoms with Gasteiger partial charge >= 0.3 is 0 Å². The van der Waals surface area contributed by atoms with Crippen LogP contribution in [0.1, 0.15) is 174 Å². The van der Waals surface area contributed by atoms with E-state index in [1.165, 1.54) is 116 Å². The molecule has 50 heavy (non-hydrogen) atoms. The van der Waals surface area contributed by atoms with Crippen molar-refractivity contribution in [2.45, 2.75) is 217 Å². The van der Waals surface area contributed by atoms with Gasteiger partial charge in [0.1, 0.15) is 24.4 Å². The molecule has 6 N–H and O–H groups in total. The Bertz CT molecular complexity index is 837. The molecule has 1 heterocycles. The van der Waals surface area contributed by atoms with Crippen molar-refractivity contribution in [3.63, 3.8) is 0 Å². The minimum absolute atomic E-state index is 0.193. The number of ether oxygens (including phenoxy) is 2. The molecule has 0 aromatic carbocycles. The first-order valence-corrected chi connectivity index (χ1v) is 20.6. The second-order valence-corrected chi connectivity index (χ2v) is 14.4. The first-order chi connectivity index (χ1) is 24.3. The highest BCUT2D eigenvalue weighted by molar-refractivity contribution is 5.76. The van der Waals surface area contributed by atoms with Crippen molar-refractivity contribution in [3.8, 4) is 0 Å². The van der Waals surface area contributed by atoms with Gasteiger partial charge in [-0.2, -0.15) is 0 Å². The van der Waals surface area contributed by atoms with Crippen LogP contribution in [0.2, 0.25) is 0 Å². The van der Waals surface area contributed by atoms with E-state index >= 15 is 0 Å². The number of allylic oxidation sites excluding steroid dienone is 3. The molecule has 1 amide bonds. The highest BCUT2D eigenvalue weighted by Gasteiger charge is 2.44. The molecule has 7 atom stereocenters. The summed E-state index contributed by atoms with van der Waals surface area (Å²) in [5, 5.41) is 53.8. The van der Waals surface area contributed by atoms with Gasteiger partial charge in [-0.25, -0.2) is 0 Å². The average molecular weight is 712 g/mol. The number of aliphatic hydroxyl groups excluding tert-OH is 5. The van der Waals surface area contributed by atoms with Crippen LogP contribution < -0.4 is 5.32 Å². The van der Waals surface area contributed by atoms with Gasteiger partial charge in [-0.1, -0.05) is 160 Å². The lowest BCUT2D eigenvalue weighted by molar-refractivity contribution is -0.302. The zero-order valence-corrected chi connectivity index (χ0v) is 31.9. The summed E-state index contributed by atoms with van der Waals surface area (Å²) in [4.78, 5) is 12.8. The number of aliphatic hydroxyl groups is 5. The molecule has 0 aromatic heterocycles. The predicted molar refractivity (Wildman–Crippen MR) is 203 cm³/mol. The zero-order valence-electron chi connectivity index (χ0n) is 31.9. The van der Waals surface area contributed by atoms with Gasteiger partial charge in [0, 0.05) is 6.42 Å².